The van der Waals surface area contributed by atoms with Gasteiger partial charge in [0.05, 0.1) is 52.9 Å². The highest BCUT2D eigenvalue weighted by Gasteiger charge is 2.23. The second-order valence-electron chi connectivity index (χ2n) is 9.49. The van der Waals surface area contributed by atoms with Crippen LogP contribution in [0.4, 0.5) is 0 Å². The number of rotatable bonds is 19. The first kappa shape index (κ1) is 30.1. The predicted octanol–water partition coefficient (Wildman–Crippen LogP) is 4.22. The van der Waals surface area contributed by atoms with Crippen molar-refractivity contribution in [3.63, 3.8) is 0 Å². The molecule has 7 heteroatoms. The Kier molecular flexibility index (Phi) is 13.8. The summed E-state index contributed by atoms with van der Waals surface area (Å²) in [6.45, 7) is 11.8. The Balaban J connectivity index is 1.72. The van der Waals surface area contributed by atoms with Crippen molar-refractivity contribution in [3.8, 4) is 11.5 Å². The molecule has 0 aliphatic carbocycles. The minimum atomic E-state index is -0.727. The van der Waals surface area contributed by atoms with Crippen molar-refractivity contribution in [2.24, 2.45) is 5.92 Å². The summed E-state index contributed by atoms with van der Waals surface area (Å²) in [4.78, 5) is 0. The van der Waals surface area contributed by atoms with Gasteiger partial charge in [0.1, 0.15) is 24.2 Å². The number of benzene rings is 2. The summed E-state index contributed by atoms with van der Waals surface area (Å²) >= 11 is 0. The Morgan fingerprint density at radius 1 is 0.694 bits per heavy atom. The van der Waals surface area contributed by atoms with Crippen molar-refractivity contribution < 1.29 is 33.9 Å². The second kappa shape index (κ2) is 16.6. The van der Waals surface area contributed by atoms with Crippen LogP contribution in [-0.4, -0.2) is 75.8 Å². The number of hydrogen-bond donors (Lipinski definition) is 2. The van der Waals surface area contributed by atoms with Crippen molar-refractivity contribution in [3.05, 3.63) is 59.7 Å². The third-order valence-corrected chi connectivity index (χ3v) is 6.12. The van der Waals surface area contributed by atoms with Crippen LogP contribution in [0.5, 0.6) is 11.5 Å². The lowest BCUT2D eigenvalue weighted by Crippen LogP contribution is -2.24. The maximum absolute atomic E-state index is 10.1. The molecule has 0 saturated carbocycles. The topological polar surface area (TPSA) is 86.6 Å². The standard InChI is InChI=1S/C29H44O7/c1-5-23(2)20-35-27-10-6-24(7-11-27)29(3,4)25-8-12-28(13-9-25)36-22-26(31)21-34-19-18-33-17-16-32-15-14-30/h6-13,23,26,30-31H,5,14-22H2,1-4H3/t23-,26-/m1/s1. The lowest BCUT2D eigenvalue weighted by atomic mass is 9.78. The minimum absolute atomic E-state index is 0.00853. The Hall–Kier alpha value is -2.16. The van der Waals surface area contributed by atoms with Gasteiger partial charge in [-0.25, -0.2) is 0 Å². The summed E-state index contributed by atoms with van der Waals surface area (Å²) in [5.74, 6) is 2.15. The molecule has 0 bridgehead atoms. The van der Waals surface area contributed by atoms with E-state index in [1.807, 2.05) is 24.3 Å². The normalized spacial score (nSPS) is 13.4. The summed E-state index contributed by atoms with van der Waals surface area (Å²) in [7, 11) is 0. The van der Waals surface area contributed by atoms with Gasteiger partial charge in [-0.15, -0.1) is 0 Å². The Bertz CT molecular complexity index is 821. The molecule has 2 N–H and O–H groups in total. The first-order valence-electron chi connectivity index (χ1n) is 12.9. The zero-order valence-electron chi connectivity index (χ0n) is 22.3. The van der Waals surface area contributed by atoms with Gasteiger partial charge in [-0.1, -0.05) is 58.4 Å². The number of ether oxygens (including phenoxy) is 5. The van der Waals surface area contributed by atoms with E-state index in [9.17, 15) is 5.11 Å². The average Bonchev–Trinajstić information content (AvgIpc) is 2.90. The van der Waals surface area contributed by atoms with Crippen LogP contribution in [-0.2, 0) is 19.6 Å². The molecule has 7 nitrogen and oxygen atoms in total. The van der Waals surface area contributed by atoms with E-state index in [4.69, 9.17) is 28.8 Å². The molecular formula is C29H44O7. The molecule has 2 rings (SSSR count). The molecule has 2 aromatic rings. The van der Waals surface area contributed by atoms with Crippen LogP contribution in [0, 0.1) is 5.92 Å². The molecule has 36 heavy (non-hydrogen) atoms. The summed E-state index contributed by atoms with van der Waals surface area (Å²) in [6.07, 6.45) is 0.382. The van der Waals surface area contributed by atoms with Crippen LogP contribution in [0.3, 0.4) is 0 Å². The van der Waals surface area contributed by atoms with Crippen LogP contribution in [0.15, 0.2) is 48.5 Å². The minimum Gasteiger partial charge on any atom is -0.493 e. The summed E-state index contributed by atoms with van der Waals surface area (Å²) in [6, 6.07) is 16.3. The fraction of sp³-hybridized carbons (Fsp3) is 0.586. The molecule has 0 amide bonds. The fourth-order valence-corrected chi connectivity index (χ4v) is 3.42. The SMILES string of the molecule is CC[C@@H](C)COc1ccc(C(C)(C)c2ccc(OC[C@H](O)COCCOCCOCCO)cc2)cc1. The molecule has 0 heterocycles. The molecule has 202 valence electrons. The van der Waals surface area contributed by atoms with Gasteiger partial charge in [-0.2, -0.15) is 0 Å². The molecule has 0 radical (unpaired) electrons. The van der Waals surface area contributed by atoms with Crippen LogP contribution in [0.1, 0.15) is 45.2 Å². The van der Waals surface area contributed by atoms with Crippen LogP contribution in [0.2, 0.25) is 0 Å². The van der Waals surface area contributed by atoms with E-state index in [1.165, 1.54) is 11.1 Å². The molecule has 0 aromatic heterocycles. The highest BCUT2D eigenvalue weighted by molar-refractivity contribution is 5.41. The van der Waals surface area contributed by atoms with Crippen molar-refractivity contribution in [2.75, 3.05) is 59.5 Å². The Morgan fingerprint density at radius 2 is 1.17 bits per heavy atom. The lowest BCUT2D eigenvalue weighted by Gasteiger charge is -2.26. The van der Waals surface area contributed by atoms with Crippen molar-refractivity contribution in [1.29, 1.82) is 0 Å². The highest BCUT2D eigenvalue weighted by Crippen LogP contribution is 2.33. The summed E-state index contributed by atoms with van der Waals surface area (Å²) in [5.41, 5.74) is 2.21. The maximum atomic E-state index is 10.1. The van der Waals surface area contributed by atoms with Crippen LogP contribution >= 0.6 is 0 Å². The van der Waals surface area contributed by atoms with Gasteiger partial charge >= 0.3 is 0 Å². The van der Waals surface area contributed by atoms with Gasteiger partial charge in [-0.05, 0) is 41.3 Å². The van der Waals surface area contributed by atoms with Crippen molar-refractivity contribution in [1.82, 2.24) is 0 Å². The van der Waals surface area contributed by atoms with E-state index in [0.717, 1.165) is 18.8 Å². The maximum Gasteiger partial charge on any atom is 0.119 e. The second-order valence-corrected chi connectivity index (χ2v) is 9.49. The van der Waals surface area contributed by atoms with E-state index in [-0.39, 0.29) is 25.2 Å². The fourth-order valence-electron chi connectivity index (χ4n) is 3.42. The smallest absolute Gasteiger partial charge is 0.119 e. The molecule has 0 unspecified atom stereocenters. The zero-order valence-corrected chi connectivity index (χ0v) is 22.3. The number of aliphatic hydroxyl groups is 2. The van der Waals surface area contributed by atoms with E-state index >= 15 is 0 Å². The van der Waals surface area contributed by atoms with Crippen molar-refractivity contribution >= 4 is 0 Å². The molecule has 0 aliphatic rings. The average molecular weight is 505 g/mol. The quantitative estimate of drug-likeness (QED) is 0.277. The zero-order chi connectivity index (χ0) is 26.2. The first-order chi connectivity index (χ1) is 17.4. The summed E-state index contributed by atoms with van der Waals surface area (Å²) in [5, 5.41) is 18.7. The third-order valence-electron chi connectivity index (χ3n) is 6.12. The predicted molar refractivity (Wildman–Crippen MR) is 141 cm³/mol. The summed E-state index contributed by atoms with van der Waals surface area (Å²) < 4.78 is 27.5. The Labute approximate surface area is 216 Å². The van der Waals surface area contributed by atoms with E-state index < -0.39 is 6.10 Å². The largest absolute Gasteiger partial charge is 0.493 e. The highest BCUT2D eigenvalue weighted by atomic mass is 16.5. The number of hydrogen-bond acceptors (Lipinski definition) is 7. The van der Waals surface area contributed by atoms with Crippen LogP contribution in [0.25, 0.3) is 0 Å². The molecule has 0 spiro atoms. The van der Waals surface area contributed by atoms with Gasteiger partial charge in [0.25, 0.3) is 0 Å². The monoisotopic (exact) mass is 504 g/mol. The van der Waals surface area contributed by atoms with Gasteiger partial charge in [0.2, 0.25) is 0 Å². The lowest BCUT2D eigenvalue weighted by molar-refractivity contribution is -0.0217. The van der Waals surface area contributed by atoms with E-state index in [1.54, 1.807) is 0 Å². The molecule has 0 fully saturated rings. The van der Waals surface area contributed by atoms with Gasteiger partial charge in [0.15, 0.2) is 0 Å². The number of aliphatic hydroxyl groups excluding tert-OH is 2. The molecule has 2 aromatic carbocycles. The Morgan fingerprint density at radius 3 is 1.67 bits per heavy atom. The van der Waals surface area contributed by atoms with Gasteiger partial charge in [0, 0.05) is 5.41 Å². The van der Waals surface area contributed by atoms with Gasteiger partial charge < -0.3 is 33.9 Å². The molecule has 0 aliphatic heterocycles. The van der Waals surface area contributed by atoms with Crippen molar-refractivity contribution in [2.45, 2.75) is 45.6 Å². The molecule has 2 atom stereocenters. The van der Waals surface area contributed by atoms with E-state index in [0.29, 0.717) is 44.7 Å². The third kappa shape index (κ3) is 10.8. The van der Waals surface area contributed by atoms with Crippen LogP contribution < -0.4 is 9.47 Å². The first-order valence-corrected chi connectivity index (χ1v) is 12.9. The van der Waals surface area contributed by atoms with Gasteiger partial charge in [-0.3, -0.25) is 0 Å². The molecule has 0 saturated heterocycles. The molecular weight excluding hydrogens is 460 g/mol. The van der Waals surface area contributed by atoms with E-state index in [2.05, 4.69) is 52.0 Å².